The highest BCUT2D eigenvalue weighted by atomic mass is 32.2. The molecule has 3 rings (SSSR count). The number of anilines is 1. The van der Waals surface area contributed by atoms with Crippen LogP contribution in [0.2, 0.25) is 0 Å². The summed E-state index contributed by atoms with van der Waals surface area (Å²) in [7, 11) is -4.16. The lowest BCUT2D eigenvalue weighted by molar-refractivity contribution is -0.140. The van der Waals surface area contributed by atoms with Crippen LogP contribution in [0.15, 0.2) is 89.8 Å². The lowest BCUT2D eigenvalue weighted by atomic mass is 10.1. The van der Waals surface area contributed by atoms with E-state index < -0.39 is 28.5 Å². The van der Waals surface area contributed by atoms with Crippen molar-refractivity contribution < 1.29 is 22.7 Å². The summed E-state index contributed by atoms with van der Waals surface area (Å²) in [5.41, 5.74) is 1.08. The van der Waals surface area contributed by atoms with E-state index in [1.807, 2.05) is 44.2 Å². The maximum atomic E-state index is 14.1. The van der Waals surface area contributed by atoms with Gasteiger partial charge in [0, 0.05) is 13.1 Å². The standard InChI is InChI=1S/C30H37N3O5S/c1-4-21-31-30(35)26(5-2)32(22-24-15-9-7-10-16-24)29(34)23-33(27-19-13-14-20-28(27)38-6-3)39(36,37)25-17-11-8-12-18-25/h7-20,26H,4-6,21-23H2,1-3H3,(H,31,35). The molecule has 9 heteroatoms. The quantitative estimate of drug-likeness (QED) is 0.316. The number of carbonyl (C=O) groups excluding carboxylic acids is 2. The average molecular weight is 552 g/mol. The molecule has 1 unspecified atom stereocenters. The Hall–Kier alpha value is -3.85. The number of hydrogen-bond donors (Lipinski definition) is 1. The van der Waals surface area contributed by atoms with E-state index in [9.17, 15) is 18.0 Å². The van der Waals surface area contributed by atoms with Gasteiger partial charge in [0.2, 0.25) is 11.8 Å². The van der Waals surface area contributed by atoms with Crippen molar-refractivity contribution in [2.75, 3.05) is 24.0 Å². The topological polar surface area (TPSA) is 96.0 Å². The van der Waals surface area contributed by atoms with Crippen molar-refractivity contribution >= 4 is 27.5 Å². The van der Waals surface area contributed by atoms with Gasteiger partial charge >= 0.3 is 0 Å². The van der Waals surface area contributed by atoms with Crippen LogP contribution in [-0.4, -0.2) is 50.9 Å². The van der Waals surface area contributed by atoms with E-state index in [-0.39, 0.29) is 23.0 Å². The van der Waals surface area contributed by atoms with Gasteiger partial charge in [0.25, 0.3) is 10.0 Å². The summed E-state index contributed by atoms with van der Waals surface area (Å²) >= 11 is 0. The Bertz CT molecular complexity index is 1320. The molecule has 0 aliphatic rings. The minimum Gasteiger partial charge on any atom is -0.492 e. The zero-order chi connectivity index (χ0) is 28.3. The molecule has 0 aromatic heterocycles. The highest BCUT2D eigenvalue weighted by Crippen LogP contribution is 2.33. The lowest BCUT2D eigenvalue weighted by Gasteiger charge is -2.33. The first-order chi connectivity index (χ1) is 18.8. The fourth-order valence-electron chi connectivity index (χ4n) is 4.24. The van der Waals surface area contributed by atoms with Crippen LogP contribution in [-0.2, 0) is 26.2 Å². The molecule has 0 bridgehead atoms. The first-order valence-electron chi connectivity index (χ1n) is 13.2. The number of ether oxygens (including phenoxy) is 1. The van der Waals surface area contributed by atoms with Crippen molar-refractivity contribution in [3.63, 3.8) is 0 Å². The Labute approximate surface area is 231 Å². The number of hydrogen-bond acceptors (Lipinski definition) is 5. The number of rotatable bonds is 14. The molecule has 0 spiro atoms. The summed E-state index contributed by atoms with van der Waals surface area (Å²) in [5.74, 6) is -0.423. The van der Waals surface area contributed by atoms with Crippen LogP contribution in [0.3, 0.4) is 0 Å². The number of sulfonamides is 1. The van der Waals surface area contributed by atoms with Crippen molar-refractivity contribution in [2.24, 2.45) is 0 Å². The van der Waals surface area contributed by atoms with Gasteiger partial charge in [-0.05, 0) is 49.6 Å². The van der Waals surface area contributed by atoms with Gasteiger partial charge in [-0.25, -0.2) is 8.42 Å². The van der Waals surface area contributed by atoms with Gasteiger partial charge in [0.15, 0.2) is 0 Å². The van der Waals surface area contributed by atoms with Gasteiger partial charge in [-0.2, -0.15) is 0 Å². The van der Waals surface area contributed by atoms with Crippen LogP contribution >= 0.6 is 0 Å². The highest BCUT2D eigenvalue weighted by Gasteiger charge is 2.34. The molecule has 0 saturated carbocycles. The molecule has 3 aromatic carbocycles. The smallest absolute Gasteiger partial charge is 0.264 e. The second-order valence-corrected chi connectivity index (χ2v) is 10.8. The van der Waals surface area contributed by atoms with E-state index in [1.165, 1.54) is 17.0 Å². The number of para-hydroxylation sites is 2. The molecule has 1 N–H and O–H groups in total. The number of benzene rings is 3. The minimum atomic E-state index is -4.16. The molecular weight excluding hydrogens is 514 g/mol. The molecule has 0 aliphatic carbocycles. The number of carbonyl (C=O) groups is 2. The maximum Gasteiger partial charge on any atom is 0.264 e. The molecular formula is C30H37N3O5S. The van der Waals surface area contributed by atoms with E-state index in [0.29, 0.717) is 25.3 Å². The highest BCUT2D eigenvalue weighted by molar-refractivity contribution is 7.92. The van der Waals surface area contributed by atoms with E-state index in [0.717, 1.165) is 16.3 Å². The van der Waals surface area contributed by atoms with Crippen LogP contribution in [0.25, 0.3) is 0 Å². The molecule has 0 aliphatic heterocycles. The van der Waals surface area contributed by atoms with Crippen molar-refractivity contribution in [3.8, 4) is 5.75 Å². The van der Waals surface area contributed by atoms with E-state index in [1.54, 1.807) is 49.4 Å². The van der Waals surface area contributed by atoms with E-state index in [4.69, 9.17) is 4.74 Å². The molecule has 0 heterocycles. The third kappa shape index (κ3) is 7.60. The van der Waals surface area contributed by atoms with Gasteiger partial charge < -0.3 is 15.0 Å². The third-order valence-corrected chi connectivity index (χ3v) is 7.95. The van der Waals surface area contributed by atoms with Gasteiger partial charge in [0.1, 0.15) is 18.3 Å². The first kappa shape index (κ1) is 29.7. The first-order valence-corrected chi connectivity index (χ1v) is 14.7. The van der Waals surface area contributed by atoms with E-state index in [2.05, 4.69) is 5.32 Å². The van der Waals surface area contributed by atoms with Gasteiger partial charge in [-0.1, -0.05) is 74.5 Å². The molecule has 8 nitrogen and oxygen atoms in total. The lowest BCUT2D eigenvalue weighted by Crippen LogP contribution is -2.52. The minimum absolute atomic E-state index is 0.0476. The Morgan fingerprint density at radius 1 is 0.872 bits per heavy atom. The fraction of sp³-hybridized carbons (Fsp3) is 0.333. The van der Waals surface area contributed by atoms with Crippen LogP contribution in [0.5, 0.6) is 5.75 Å². The summed E-state index contributed by atoms with van der Waals surface area (Å²) in [5, 5.41) is 2.89. The normalized spacial score (nSPS) is 11.9. The Kier molecular flexibility index (Phi) is 10.9. The molecule has 3 aromatic rings. The molecule has 39 heavy (non-hydrogen) atoms. The van der Waals surface area contributed by atoms with Crippen LogP contribution in [0.4, 0.5) is 5.69 Å². The Morgan fingerprint density at radius 3 is 2.10 bits per heavy atom. The van der Waals surface area contributed by atoms with Crippen molar-refractivity contribution in [3.05, 3.63) is 90.5 Å². The fourth-order valence-corrected chi connectivity index (χ4v) is 5.69. The molecule has 1 atom stereocenters. The largest absolute Gasteiger partial charge is 0.492 e. The summed E-state index contributed by atoms with van der Waals surface area (Å²) in [4.78, 5) is 28.7. The predicted molar refractivity (Wildman–Crippen MR) is 153 cm³/mol. The summed E-state index contributed by atoms with van der Waals surface area (Å²) < 4.78 is 34.7. The van der Waals surface area contributed by atoms with E-state index >= 15 is 0 Å². The number of nitrogens with zero attached hydrogens (tertiary/aromatic N) is 2. The summed E-state index contributed by atoms with van der Waals surface area (Å²) in [6.07, 6.45) is 1.13. The predicted octanol–water partition coefficient (Wildman–Crippen LogP) is 4.61. The maximum absolute atomic E-state index is 14.1. The van der Waals surface area contributed by atoms with Crippen LogP contribution in [0, 0.1) is 0 Å². The molecule has 0 saturated heterocycles. The Balaban J connectivity index is 2.07. The number of amides is 2. The molecule has 0 radical (unpaired) electrons. The van der Waals surface area contributed by atoms with Crippen molar-refractivity contribution in [2.45, 2.75) is 51.1 Å². The van der Waals surface area contributed by atoms with Crippen molar-refractivity contribution in [1.29, 1.82) is 0 Å². The zero-order valence-electron chi connectivity index (χ0n) is 22.7. The average Bonchev–Trinajstić information content (AvgIpc) is 2.96. The zero-order valence-corrected chi connectivity index (χ0v) is 23.6. The summed E-state index contributed by atoms with van der Waals surface area (Å²) in [6, 6.07) is 23.3. The Morgan fingerprint density at radius 2 is 1.49 bits per heavy atom. The number of nitrogens with one attached hydrogen (secondary N) is 1. The second kappa shape index (κ2) is 14.3. The van der Waals surface area contributed by atoms with Gasteiger partial charge in [0.05, 0.1) is 17.2 Å². The third-order valence-electron chi connectivity index (χ3n) is 6.17. The summed E-state index contributed by atoms with van der Waals surface area (Å²) in [6.45, 7) is 6.05. The molecule has 0 fully saturated rings. The SMILES string of the molecule is CCCNC(=O)C(CC)N(Cc1ccccc1)C(=O)CN(c1ccccc1OCC)S(=O)(=O)c1ccccc1. The second-order valence-electron chi connectivity index (χ2n) is 8.95. The van der Waals surface area contributed by atoms with Gasteiger partial charge in [-0.15, -0.1) is 0 Å². The molecule has 2 amide bonds. The molecule has 208 valence electrons. The monoisotopic (exact) mass is 551 g/mol. The van der Waals surface area contributed by atoms with Crippen LogP contribution in [0.1, 0.15) is 39.2 Å². The van der Waals surface area contributed by atoms with Crippen LogP contribution < -0.4 is 14.4 Å². The van der Waals surface area contributed by atoms with Crippen molar-refractivity contribution in [1.82, 2.24) is 10.2 Å². The van der Waals surface area contributed by atoms with Gasteiger partial charge in [-0.3, -0.25) is 13.9 Å².